The zero-order valence-corrected chi connectivity index (χ0v) is 14.2. The molecule has 1 aliphatic carbocycles. The van der Waals surface area contributed by atoms with Crippen LogP contribution in [0.1, 0.15) is 44.1 Å². The highest BCUT2D eigenvalue weighted by Gasteiger charge is 2.41. The molecule has 4 heteroatoms. The van der Waals surface area contributed by atoms with Crippen molar-refractivity contribution in [3.63, 3.8) is 0 Å². The van der Waals surface area contributed by atoms with E-state index in [0.29, 0.717) is 6.61 Å². The summed E-state index contributed by atoms with van der Waals surface area (Å²) in [5.74, 6) is 0.818. The van der Waals surface area contributed by atoms with E-state index in [0.717, 1.165) is 37.3 Å². The number of allylic oxidation sites excluding steroid dienone is 2. The van der Waals surface area contributed by atoms with Crippen molar-refractivity contribution >= 4 is 5.97 Å². The predicted molar refractivity (Wildman–Crippen MR) is 93.0 cm³/mol. The van der Waals surface area contributed by atoms with Crippen molar-refractivity contribution in [3.05, 3.63) is 58.6 Å². The molecule has 1 aromatic rings. The van der Waals surface area contributed by atoms with Crippen molar-refractivity contribution in [1.29, 1.82) is 0 Å². The van der Waals surface area contributed by atoms with E-state index in [-0.39, 0.29) is 11.9 Å². The standard InChI is InChI=1S/C20H24N2O2/c1-2-24-20(23)18-17(14-8-4-3-5-9-14)15-10-6-7-11-16(15)22-13-12-21-19(18)22/h3-5,8-9,17,21H,2,6-7,10-13H2,1H3/t17-/m1/s1. The number of carbonyl (C=O) groups is 1. The highest BCUT2D eigenvalue weighted by atomic mass is 16.5. The minimum atomic E-state index is -0.183. The molecular weight excluding hydrogens is 300 g/mol. The van der Waals surface area contributed by atoms with E-state index in [2.05, 4.69) is 34.5 Å². The second kappa shape index (κ2) is 6.34. The van der Waals surface area contributed by atoms with Gasteiger partial charge < -0.3 is 15.0 Å². The van der Waals surface area contributed by atoms with Gasteiger partial charge in [0.1, 0.15) is 5.82 Å². The number of hydrogen-bond donors (Lipinski definition) is 1. The SMILES string of the molecule is CCOC(=O)C1=C2NCCN2C2=C(CCCC2)[C@H]1c1ccccc1. The first-order valence-electron chi connectivity index (χ1n) is 9.00. The summed E-state index contributed by atoms with van der Waals surface area (Å²) in [6, 6.07) is 10.4. The lowest BCUT2D eigenvalue weighted by Crippen LogP contribution is -2.35. The van der Waals surface area contributed by atoms with Gasteiger partial charge in [-0.25, -0.2) is 4.79 Å². The van der Waals surface area contributed by atoms with Crippen LogP contribution in [-0.4, -0.2) is 30.6 Å². The third-order valence-corrected chi connectivity index (χ3v) is 5.22. The average molecular weight is 324 g/mol. The summed E-state index contributed by atoms with van der Waals surface area (Å²) in [5, 5.41) is 3.45. The first kappa shape index (κ1) is 15.3. The normalized spacial score (nSPS) is 22.9. The Morgan fingerprint density at radius 3 is 2.83 bits per heavy atom. The number of nitrogens with zero attached hydrogens (tertiary/aromatic N) is 1. The number of ether oxygens (including phenoxy) is 1. The van der Waals surface area contributed by atoms with Gasteiger partial charge in [-0.05, 0) is 43.7 Å². The summed E-state index contributed by atoms with van der Waals surface area (Å²) < 4.78 is 5.43. The van der Waals surface area contributed by atoms with Gasteiger partial charge >= 0.3 is 5.97 Å². The van der Waals surface area contributed by atoms with Gasteiger partial charge in [0.15, 0.2) is 0 Å². The molecule has 3 aliphatic rings. The molecule has 0 aromatic heterocycles. The monoisotopic (exact) mass is 324 g/mol. The van der Waals surface area contributed by atoms with Gasteiger partial charge in [0.2, 0.25) is 0 Å². The first-order chi connectivity index (χ1) is 11.8. The van der Waals surface area contributed by atoms with Crippen LogP contribution in [0.3, 0.4) is 0 Å². The van der Waals surface area contributed by atoms with Crippen LogP contribution in [0.5, 0.6) is 0 Å². The van der Waals surface area contributed by atoms with Crippen molar-refractivity contribution in [2.45, 2.75) is 38.5 Å². The summed E-state index contributed by atoms with van der Waals surface area (Å²) >= 11 is 0. The third-order valence-electron chi connectivity index (χ3n) is 5.22. The predicted octanol–water partition coefficient (Wildman–Crippen LogP) is 3.29. The molecule has 1 N–H and O–H groups in total. The molecule has 1 saturated heterocycles. The van der Waals surface area contributed by atoms with Crippen molar-refractivity contribution in [1.82, 2.24) is 10.2 Å². The fourth-order valence-electron chi connectivity index (χ4n) is 4.28. The highest BCUT2D eigenvalue weighted by molar-refractivity contribution is 5.92. The number of nitrogens with one attached hydrogen (secondary N) is 1. The van der Waals surface area contributed by atoms with Gasteiger partial charge in [-0.15, -0.1) is 0 Å². The van der Waals surface area contributed by atoms with Gasteiger partial charge in [-0.2, -0.15) is 0 Å². The molecular formula is C20H24N2O2. The Labute approximate surface area is 143 Å². The molecule has 4 nitrogen and oxygen atoms in total. The maximum atomic E-state index is 12.8. The Kier molecular flexibility index (Phi) is 4.05. The van der Waals surface area contributed by atoms with E-state index in [9.17, 15) is 4.79 Å². The summed E-state index contributed by atoms with van der Waals surface area (Å²) in [5.41, 5.74) is 4.84. The number of benzene rings is 1. The molecule has 1 aromatic carbocycles. The zero-order chi connectivity index (χ0) is 16.5. The lowest BCUT2D eigenvalue weighted by atomic mass is 9.76. The number of rotatable bonds is 3. The maximum absolute atomic E-state index is 12.8. The lowest BCUT2D eigenvalue weighted by molar-refractivity contribution is -0.139. The van der Waals surface area contributed by atoms with Crippen LogP contribution in [0.2, 0.25) is 0 Å². The van der Waals surface area contributed by atoms with Crippen LogP contribution < -0.4 is 5.32 Å². The van der Waals surface area contributed by atoms with Gasteiger partial charge in [0.05, 0.1) is 12.2 Å². The minimum absolute atomic E-state index is 0.0254. The largest absolute Gasteiger partial charge is 0.463 e. The molecule has 0 bridgehead atoms. The van der Waals surface area contributed by atoms with Crippen LogP contribution in [0, 0.1) is 0 Å². The number of hydrogen-bond acceptors (Lipinski definition) is 4. The van der Waals surface area contributed by atoms with Crippen molar-refractivity contribution in [2.75, 3.05) is 19.7 Å². The molecule has 0 saturated carbocycles. The van der Waals surface area contributed by atoms with E-state index in [1.807, 2.05) is 13.0 Å². The Morgan fingerprint density at radius 1 is 1.25 bits per heavy atom. The highest BCUT2D eigenvalue weighted by Crippen LogP contribution is 2.47. The molecule has 4 rings (SSSR count). The number of carbonyl (C=O) groups excluding carboxylic acids is 1. The molecule has 2 heterocycles. The quantitative estimate of drug-likeness (QED) is 0.866. The molecule has 1 fully saturated rings. The summed E-state index contributed by atoms with van der Waals surface area (Å²) in [7, 11) is 0. The van der Waals surface area contributed by atoms with Crippen molar-refractivity contribution in [2.24, 2.45) is 0 Å². The maximum Gasteiger partial charge on any atom is 0.338 e. The first-order valence-corrected chi connectivity index (χ1v) is 9.00. The smallest absolute Gasteiger partial charge is 0.338 e. The summed E-state index contributed by atoms with van der Waals surface area (Å²) in [6.45, 7) is 4.10. The molecule has 24 heavy (non-hydrogen) atoms. The molecule has 2 aliphatic heterocycles. The zero-order valence-electron chi connectivity index (χ0n) is 14.2. The van der Waals surface area contributed by atoms with Gasteiger partial charge in [-0.3, -0.25) is 0 Å². The molecule has 126 valence electrons. The number of esters is 1. The molecule has 0 amide bonds. The lowest BCUT2D eigenvalue weighted by Gasteiger charge is -2.39. The Balaban J connectivity index is 1.88. The fourth-order valence-corrected chi connectivity index (χ4v) is 4.28. The van der Waals surface area contributed by atoms with Crippen LogP contribution in [0.25, 0.3) is 0 Å². The molecule has 1 atom stereocenters. The molecule has 0 spiro atoms. The van der Waals surface area contributed by atoms with E-state index >= 15 is 0 Å². The van der Waals surface area contributed by atoms with Crippen LogP contribution in [0.4, 0.5) is 0 Å². The van der Waals surface area contributed by atoms with Gasteiger partial charge in [-0.1, -0.05) is 30.3 Å². The van der Waals surface area contributed by atoms with Crippen molar-refractivity contribution < 1.29 is 9.53 Å². The van der Waals surface area contributed by atoms with Gasteiger partial charge in [0.25, 0.3) is 0 Å². The van der Waals surface area contributed by atoms with Crippen LogP contribution in [0.15, 0.2) is 53.0 Å². The van der Waals surface area contributed by atoms with E-state index in [1.165, 1.54) is 29.7 Å². The summed E-state index contributed by atoms with van der Waals surface area (Å²) in [4.78, 5) is 15.2. The van der Waals surface area contributed by atoms with Crippen LogP contribution >= 0.6 is 0 Å². The Bertz CT molecular complexity index is 706. The second-order valence-electron chi connectivity index (χ2n) is 6.58. The van der Waals surface area contributed by atoms with Crippen molar-refractivity contribution in [3.8, 4) is 0 Å². The minimum Gasteiger partial charge on any atom is -0.463 e. The average Bonchev–Trinajstić information content (AvgIpc) is 3.11. The molecule has 0 radical (unpaired) electrons. The Morgan fingerprint density at radius 2 is 2.04 bits per heavy atom. The third kappa shape index (κ3) is 2.41. The molecule has 0 unspecified atom stereocenters. The van der Waals surface area contributed by atoms with E-state index in [4.69, 9.17) is 4.74 Å². The van der Waals surface area contributed by atoms with E-state index in [1.54, 1.807) is 0 Å². The summed E-state index contributed by atoms with van der Waals surface area (Å²) in [6.07, 6.45) is 4.62. The number of fused-ring (bicyclic) bond motifs is 2. The fraction of sp³-hybridized carbons (Fsp3) is 0.450. The van der Waals surface area contributed by atoms with Gasteiger partial charge in [0, 0.05) is 24.7 Å². The van der Waals surface area contributed by atoms with E-state index < -0.39 is 0 Å². The van der Waals surface area contributed by atoms with Crippen LogP contribution in [-0.2, 0) is 9.53 Å². The Hall–Kier alpha value is -2.23. The second-order valence-corrected chi connectivity index (χ2v) is 6.58. The topological polar surface area (TPSA) is 41.6 Å².